The number of rotatable bonds is 2. The Morgan fingerprint density at radius 2 is 1.83 bits per heavy atom. The molecule has 3 rings (SSSR count). The van der Waals surface area contributed by atoms with Crippen molar-refractivity contribution in [3.63, 3.8) is 0 Å². The van der Waals surface area contributed by atoms with Crippen molar-refractivity contribution < 1.29 is 4.79 Å². The normalized spacial score (nSPS) is 10.1. The zero-order valence-electron chi connectivity index (χ0n) is 12.4. The molecule has 6 nitrogen and oxygen atoms in total. The fraction of sp³-hybridized carbons (Fsp3) is 0.0625. The van der Waals surface area contributed by atoms with Gasteiger partial charge >= 0.3 is 0 Å². The first-order valence-electron chi connectivity index (χ1n) is 6.74. The van der Waals surface area contributed by atoms with E-state index in [0.717, 1.165) is 16.5 Å². The van der Waals surface area contributed by atoms with Crippen LogP contribution in [0.2, 0.25) is 0 Å². The Labute approximate surface area is 139 Å². The van der Waals surface area contributed by atoms with Gasteiger partial charge in [-0.15, -0.1) is 12.4 Å². The van der Waals surface area contributed by atoms with Gasteiger partial charge in [0.05, 0.1) is 16.9 Å². The molecule has 0 radical (unpaired) electrons. The van der Waals surface area contributed by atoms with Gasteiger partial charge in [-0.25, -0.2) is 4.68 Å². The van der Waals surface area contributed by atoms with E-state index in [1.54, 1.807) is 17.8 Å². The van der Waals surface area contributed by atoms with Crippen LogP contribution in [0, 0.1) is 6.92 Å². The third kappa shape index (κ3) is 3.17. The van der Waals surface area contributed by atoms with Gasteiger partial charge in [0.2, 0.25) is 0 Å². The van der Waals surface area contributed by atoms with E-state index in [0.29, 0.717) is 11.3 Å². The highest BCUT2D eigenvalue weighted by Crippen LogP contribution is 2.22. The van der Waals surface area contributed by atoms with Crippen LogP contribution in [-0.4, -0.2) is 21.6 Å². The molecule has 1 amide bonds. The number of halogens is 1. The van der Waals surface area contributed by atoms with Crippen molar-refractivity contribution >= 4 is 35.0 Å². The van der Waals surface area contributed by atoms with Crippen molar-refractivity contribution in [3.8, 4) is 5.69 Å². The second-order valence-corrected chi connectivity index (χ2v) is 4.91. The van der Waals surface area contributed by atoms with E-state index in [4.69, 9.17) is 11.5 Å². The minimum Gasteiger partial charge on any atom is -0.370 e. The number of amides is 1. The van der Waals surface area contributed by atoms with E-state index < -0.39 is 5.91 Å². The van der Waals surface area contributed by atoms with Gasteiger partial charge < -0.3 is 11.5 Å². The lowest BCUT2D eigenvalue weighted by Crippen LogP contribution is -2.24. The number of guanidine groups is 1. The zero-order valence-corrected chi connectivity index (χ0v) is 13.2. The molecule has 4 N–H and O–H groups in total. The van der Waals surface area contributed by atoms with Gasteiger partial charge in [-0.05, 0) is 18.4 Å². The number of fused-ring (bicyclic) bond motifs is 1. The van der Waals surface area contributed by atoms with E-state index in [-0.39, 0.29) is 18.4 Å². The monoisotopic (exact) mass is 329 g/mol. The maximum atomic E-state index is 12.0. The third-order valence-corrected chi connectivity index (χ3v) is 3.37. The quantitative estimate of drug-likeness (QED) is 0.556. The van der Waals surface area contributed by atoms with E-state index in [1.165, 1.54) is 0 Å². The number of benzene rings is 2. The molecule has 0 bridgehead atoms. The summed E-state index contributed by atoms with van der Waals surface area (Å²) in [5, 5.41) is 6.56. The number of aryl methyl sites for hydroxylation is 1. The van der Waals surface area contributed by atoms with Crippen LogP contribution >= 0.6 is 12.4 Å². The SMILES string of the molecule is Cc1nn(-c2cccc3ccccc23)cc1C(=O)N=C(N)N.Cl. The van der Waals surface area contributed by atoms with Gasteiger partial charge in [0.1, 0.15) is 0 Å². The maximum absolute atomic E-state index is 12.0. The summed E-state index contributed by atoms with van der Waals surface area (Å²) in [5.41, 5.74) is 12.3. The van der Waals surface area contributed by atoms with Gasteiger partial charge in [-0.2, -0.15) is 10.1 Å². The molecule has 0 saturated heterocycles. The average molecular weight is 330 g/mol. The van der Waals surface area contributed by atoms with Gasteiger partial charge in [-0.3, -0.25) is 4.79 Å². The summed E-state index contributed by atoms with van der Waals surface area (Å²) in [7, 11) is 0. The number of carbonyl (C=O) groups is 1. The summed E-state index contributed by atoms with van der Waals surface area (Å²) in [5.74, 6) is -0.758. The van der Waals surface area contributed by atoms with E-state index in [1.807, 2.05) is 42.5 Å². The molecule has 0 aliphatic rings. The maximum Gasteiger partial charge on any atom is 0.283 e. The first kappa shape index (κ1) is 16.5. The Morgan fingerprint density at radius 3 is 2.57 bits per heavy atom. The molecule has 0 aliphatic carbocycles. The highest BCUT2D eigenvalue weighted by Gasteiger charge is 2.14. The molecule has 0 atom stereocenters. The minimum atomic E-state index is -0.496. The molecule has 118 valence electrons. The Kier molecular flexibility index (Phi) is 4.66. The number of carbonyl (C=O) groups excluding carboxylic acids is 1. The molecule has 1 aromatic heterocycles. The zero-order chi connectivity index (χ0) is 15.7. The lowest BCUT2D eigenvalue weighted by Gasteiger charge is -2.06. The fourth-order valence-corrected chi connectivity index (χ4v) is 2.38. The largest absolute Gasteiger partial charge is 0.370 e. The van der Waals surface area contributed by atoms with Crippen molar-refractivity contribution in [2.75, 3.05) is 0 Å². The van der Waals surface area contributed by atoms with Crippen molar-refractivity contribution in [1.29, 1.82) is 0 Å². The molecule has 0 unspecified atom stereocenters. The summed E-state index contributed by atoms with van der Waals surface area (Å²) < 4.78 is 1.67. The number of hydrogen-bond acceptors (Lipinski definition) is 2. The summed E-state index contributed by atoms with van der Waals surface area (Å²) in [6, 6.07) is 13.9. The Balaban J connectivity index is 0.00000192. The molecule has 0 spiro atoms. The van der Waals surface area contributed by atoms with Crippen molar-refractivity contribution in [3.05, 3.63) is 59.9 Å². The van der Waals surface area contributed by atoms with Crippen LogP contribution in [0.15, 0.2) is 53.7 Å². The smallest absolute Gasteiger partial charge is 0.283 e. The molecular formula is C16H16ClN5O. The van der Waals surface area contributed by atoms with Crippen molar-refractivity contribution in [2.24, 2.45) is 16.5 Å². The van der Waals surface area contributed by atoms with E-state index in [9.17, 15) is 4.79 Å². The number of aromatic nitrogens is 2. The lowest BCUT2D eigenvalue weighted by molar-refractivity contribution is 0.100. The predicted octanol–water partition coefficient (Wildman–Crippen LogP) is 2.17. The molecule has 0 aliphatic heterocycles. The van der Waals surface area contributed by atoms with Crippen LogP contribution in [0.1, 0.15) is 16.1 Å². The Morgan fingerprint density at radius 1 is 1.13 bits per heavy atom. The highest BCUT2D eigenvalue weighted by atomic mass is 35.5. The summed E-state index contributed by atoms with van der Waals surface area (Å²) >= 11 is 0. The molecular weight excluding hydrogens is 314 g/mol. The van der Waals surface area contributed by atoms with E-state index >= 15 is 0 Å². The van der Waals surface area contributed by atoms with Crippen molar-refractivity contribution in [2.45, 2.75) is 6.92 Å². The third-order valence-electron chi connectivity index (χ3n) is 3.37. The minimum absolute atomic E-state index is 0. The second-order valence-electron chi connectivity index (χ2n) is 4.91. The number of aliphatic imine (C=N–C) groups is 1. The van der Waals surface area contributed by atoms with Crippen LogP contribution in [0.5, 0.6) is 0 Å². The van der Waals surface area contributed by atoms with Crippen LogP contribution in [-0.2, 0) is 0 Å². The second kappa shape index (κ2) is 6.50. The average Bonchev–Trinajstić information content (AvgIpc) is 2.88. The Hall–Kier alpha value is -2.86. The van der Waals surface area contributed by atoms with Gasteiger partial charge in [0.25, 0.3) is 5.91 Å². The number of hydrogen-bond donors (Lipinski definition) is 2. The van der Waals surface area contributed by atoms with E-state index in [2.05, 4.69) is 10.1 Å². The topological polar surface area (TPSA) is 99.3 Å². The first-order valence-corrected chi connectivity index (χ1v) is 6.74. The Bertz CT molecular complexity index is 891. The standard InChI is InChI=1S/C16H15N5O.ClH/c1-10-13(15(22)19-16(17)18)9-21(20-10)14-8-4-6-11-5-2-3-7-12(11)14;/h2-9H,1H3,(H4,17,18,19,22);1H. The fourth-order valence-electron chi connectivity index (χ4n) is 2.38. The van der Waals surface area contributed by atoms with Gasteiger partial charge in [0.15, 0.2) is 5.96 Å². The van der Waals surface area contributed by atoms with Crippen LogP contribution < -0.4 is 11.5 Å². The molecule has 1 heterocycles. The number of nitrogens with zero attached hydrogens (tertiary/aromatic N) is 3. The molecule has 0 saturated carbocycles. The summed E-state index contributed by atoms with van der Waals surface area (Å²) in [6.45, 7) is 1.75. The molecule has 23 heavy (non-hydrogen) atoms. The first-order chi connectivity index (χ1) is 10.6. The van der Waals surface area contributed by atoms with Gasteiger partial charge in [-0.1, -0.05) is 36.4 Å². The molecule has 7 heteroatoms. The number of nitrogens with two attached hydrogens (primary N) is 2. The van der Waals surface area contributed by atoms with Crippen LogP contribution in [0.3, 0.4) is 0 Å². The predicted molar refractivity (Wildman–Crippen MR) is 93.2 cm³/mol. The summed E-state index contributed by atoms with van der Waals surface area (Å²) in [6.07, 6.45) is 1.64. The highest BCUT2D eigenvalue weighted by molar-refractivity contribution is 6.02. The lowest BCUT2D eigenvalue weighted by atomic mass is 10.1. The molecule has 0 fully saturated rings. The van der Waals surface area contributed by atoms with Crippen LogP contribution in [0.25, 0.3) is 16.5 Å². The summed E-state index contributed by atoms with van der Waals surface area (Å²) in [4.78, 5) is 15.5. The molecule has 3 aromatic rings. The van der Waals surface area contributed by atoms with Gasteiger partial charge in [0, 0.05) is 11.6 Å². The van der Waals surface area contributed by atoms with Crippen molar-refractivity contribution in [1.82, 2.24) is 9.78 Å². The van der Waals surface area contributed by atoms with Crippen LogP contribution in [0.4, 0.5) is 0 Å². The molecule has 2 aromatic carbocycles.